The van der Waals surface area contributed by atoms with E-state index in [1.807, 2.05) is 0 Å². The lowest BCUT2D eigenvalue weighted by Crippen LogP contribution is -2.22. The van der Waals surface area contributed by atoms with Crippen molar-refractivity contribution in [1.82, 2.24) is 0 Å². The smallest absolute Gasteiger partial charge is 0.426 e. The Labute approximate surface area is 251 Å². The van der Waals surface area contributed by atoms with Crippen LogP contribution in [0.5, 0.6) is 11.5 Å². The standard InChI is InChI=1S/C34H28F4O6/c1-21(2)31(39)41-19-23-5-11-27(12-6-23)33(35,36)43-29-15-9-26-18-30(16-10-25(26)17-29)44-34(37,38)28-13-7-24(8-14-28)20-42-32(40)22(3)4/h5-18H,1,3,19-20H2,2,4H3. The summed E-state index contributed by atoms with van der Waals surface area (Å²) in [6.07, 6.45) is -7.37. The average molecular weight is 609 g/mol. The van der Waals surface area contributed by atoms with Gasteiger partial charge in [0.25, 0.3) is 0 Å². The zero-order valence-electron chi connectivity index (χ0n) is 23.9. The quantitative estimate of drug-likeness (QED) is 0.0915. The lowest BCUT2D eigenvalue weighted by molar-refractivity contribution is -0.186. The SMILES string of the molecule is C=C(C)C(=O)OCc1ccc(C(F)(F)Oc2ccc3cc(OC(F)(F)c4ccc(COC(=O)C(=C)C)cc4)ccc3c2)cc1. The van der Waals surface area contributed by atoms with Crippen molar-refractivity contribution in [2.45, 2.75) is 39.3 Å². The van der Waals surface area contributed by atoms with Crippen LogP contribution in [0.25, 0.3) is 10.8 Å². The molecule has 0 aliphatic heterocycles. The highest BCUT2D eigenvalue weighted by molar-refractivity contribution is 5.87. The summed E-state index contributed by atoms with van der Waals surface area (Å²) in [5, 5.41) is 0.912. The summed E-state index contributed by atoms with van der Waals surface area (Å²) in [6, 6.07) is 18.5. The van der Waals surface area contributed by atoms with Crippen LogP contribution in [0, 0.1) is 0 Å². The fourth-order valence-corrected chi connectivity index (χ4v) is 3.88. The molecule has 6 nitrogen and oxygen atoms in total. The molecule has 10 heteroatoms. The minimum atomic E-state index is -3.69. The van der Waals surface area contributed by atoms with Gasteiger partial charge in [-0.3, -0.25) is 0 Å². The Morgan fingerprint density at radius 2 is 0.932 bits per heavy atom. The Morgan fingerprint density at radius 3 is 1.25 bits per heavy atom. The highest BCUT2D eigenvalue weighted by atomic mass is 19.3. The number of carbonyl (C=O) groups is 2. The number of ether oxygens (including phenoxy) is 4. The summed E-state index contributed by atoms with van der Waals surface area (Å²) < 4.78 is 79.5. The van der Waals surface area contributed by atoms with Gasteiger partial charge in [-0.15, -0.1) is 0 Å². The van der Waals surface area contributed by atoms with Crippen LogP contribution in [0.1, 0.15) is 36.1 Å². The molecule has 0 saturated carbocycles. The van der Waals surface area contributed by atoms with E-state index in [9.17, 15) is 27.2 Å². The zero-order chi connectivity index (χ0) is 32.1. The Morgan fingerprint density at radius 1 is 0.591 bits per heavy atom. The van der Waals surface area contributed by atoms with Crippen molar-refractivity contribution in [1.29, 1.82) is 0 Å². The van der Waals surface area contributed by atoms with Crippen molar-refractivity contribution in [3.05, 3.63) is 131 Å². The van der Waals surface area contributed by atoms with Crippen LogP contribution in [0.2, 0.25) is 0 Å². The number of rotatable bonds is 12. The van der Waals surface area contributed by atoms with Crippen molar-refractivity contribution in [3.63, 3.8) is 0 Å². The molecule has 0 fully saturated rings. The maximum absolute atomic E-state index is 14.9. The lowest BCUT2D eigenvalue weighted by Gasteiger charge is -2.20. The van der Waals surface area contributed by atoms with Crippen LogP contribution < -0.4 is 9.47 Å². The molecule has 0 bridgehead atoms. The predicted octanol–water partition coefficient (Wildman–Crippen LogP) is 8.34. The first-order valence-corrected chi connectivity index (χ1v) is 13.2. The predicted molar refractivity (Wildman–Crippen MR) is 155 cm³/mol. The number of halogens is 4. The van der Waals surface area contributed by atoms with Gasteiger partial charge in [-0.2, -0.15) is 17.6 Å². The molecule has 0 heterocycles. The number of fused-ring (bicyclic) bond motifs is 1. The summed E-state index contributed by atoms with van der Waals surface area (Å²) in [5.41, 5.74) is 0.628. The number of carbonyl (C=O) groups excluding carboxylic acids is 2. The fourth-order valence-electron chi connectivity index (χ4n) is 3.88. The molecule has 4 aromatic rings. The summed E-state index contributed by atoms with van der Waals surface area (Å²) in [6.45, 7) is 9.76. The van der Waals surface area contributed by atoms with E-state index in [1.165, 1.54) is 98.8 Å². The molecule has 0 amide bonds. The van der Waals surface area contributed by atoms with Gasteiger partial charge in [0, 0.05) is 11.1 Å². The van der Waals surface area contributed by atoms with E-state index in [0.717, 1.165) is 0 Å². The molecule has 0 aromatic heterocycles. The van der Waals surface area contributed by atoms with E-state index in [0.29, 0.717) is 21.9 Å². The second kappa shape index (κ2) is 13.0. The Bertz CT molecular complexity index is 1570. The maximum Gasteiger partial charge on any atom is 0.426 e. The first kappa shape index (κ1) is 31.8. The van der Waals surface area contributed by atoms with Crippen molar-refractivity contribution < 1.29 is 46.1 Å². The number of alkyl halides is 4. The van der Waals surface area contributed by atoms with E-state index >= 15 is 0 Å². The van der Waals surface area contributed by atoms with E-state index in [4.69, 9.17) is 18.9 Å². The highest BCUT2D eigenvalue weighted by Gasteiger charge is 2.35. The molecule has 4 aromatic carbocycles. The average Bonchev–Trinajstić information content (AvgIpc) is 2.98. The Hall–Kier alpha value is -5.12. The summed E-state index contributed by atoms with van der Waals surface area (Å²) >= 11 is 0. The highest BCUT2D eigenvalue weighted by Crippen LogP contribution is 2.36. The van der Waals surface area contributed by atoms with Crippen LogP contribution in [-0.2, 0) is 44.5 Å². The fraction of sp³-hybridized carbons (Fsp3) is 0.176. The molecule has 0 spiro atoms. The molecule has 44 heavy (non-hydrogen) atoms. The van der Waals surface area contributed by atoms with Gasteiger partial charge in [0.05, 0.1) is 11.1 Å². The minimum Gasteiger partial charge on any atom is -0.457 e. The molecule has 0 atom stereocenters. The maximum atomic E-state index is 14.9. The molecule has 0 unspecified atom stereocenters. The first-order valence-electron chi connectivity index (χ1n) is 13.2. The summed E-state index contributed by atoms with van der Waals surface area (Å²) in [5.74, 6) is -1.46. The van der Waals surface area contributed by atoms with Crippen LogP contribution in [0.15, 0.2) is 109 Å². The topological polar surface area (TPSA) is 71.1 Å². The number of esters is 2. The van der Waals surface area contributed by atoms with E-state index < -0.39 is 35.3 Å². The summed E-state index contributed by atoms with van der Waals surface area (Å²) in [7, 11) is 0. The molecule has 0 radical (unpaired) electrons. The molecule has 0 aliphatic rings. The third kappa shape index (κ3) is 8.03. The monoisotopic (exact) mass is 608 g/mol. The lowest BCUT2D eigenvalue weighted by atomic mass is 10.1. The van der Waals surface area contributed by atoms with Gasteiger partial charge in [0.2, 0.25) is 0 Å². The molecule has 4 rings (SSSR count). The largest absolute Gasteiger partial charge is 0.457 e. The van der Waals surface area contributed by atoms with E-state index in [-0.39, 0.29) is 35.9 Å². The van der Waals surface area contributed by atoms with Crippen LogP contribution in [-0.4, -0.2) is 11.9 Å². The number of hydrogen-bond donors (Lipinski definition) is 0. The summed E-state index contributed by atoms with van der Waals surface area (Å²) in [4.78, 5) is 23.0. The first-order chi connectivity index (χ1) is 20.7. The molecule has 228 valence electrons. The van der Waals surface area contributed by atoms with Gasteiger partial charge in [0.15, 0.2) is 0 Å². The second-order valence-corrected chi connectivity index (χ2v) is 10.0. The second-order valence-electron chi connectivity index (χ2n) is 10.0. The van der Waals surface area contributed by atoms with Gasteiger partial charge in [-0.05, 0) is 84.3 Å². The van der Waals surface area contributed by atoms with Crippen molar-refractivity contribution in [2.75, 3.05) is 0 Å². The zero-order valence-corrected chi connectivity index (χ0v) is 23.9. The van der Waals surface area contributed by atoms with Gasteiger partial charge in [0.1, 0.15) is 24.7 Å². The minimum absolute atomic E-state index is 0.0955. The van der Waals surface area contributed by atoms with Gasteiger partial charge in [-0.1, -0.05) is 49.6 Å². The third-order valence-electron chi connectivity index (χ3n) is 6.29. The number of hydrogen-bond acceptors (Lipinski definition) is 6. The Kier molecular flexibility index (Phi) is 9.42. The van der Waals surface area contributed by atoms with Gasteiger partial charge >= 0.3 is 24.2 Å². The van der Waals surface area contributed by atoms with Crippen molar-refractivity contribution in [2.24, 2.45) is 0 Å². The third-order valence-corrected chi connectivity index (χ3v) is 6.29. The molecule has 0 saturated heterocycles. The van der Waals surface area contributed by atoms with Crippen molar-refractivity contribution >= 4 is 22.7 Å². The van der Waals surface area contributed by atoms with Crippen LogP contribution >= 0.6 is 0 Å². The van der Waals surface area contributed by atoms with E-state index in [1.54, 1.807) is 0 Å². The number of benzene rings is 4. The Balaban J connectivity index is 1.40. The molecule has 0 aliphatic carbocycles. The molecule has 0 N–H and O–H groups in total. The van der Waals surface area contributed by atoms with Gasteiger partial charge in [-0.25, -0.2) is 9.59 Å². The van der Waals surface area contributed by atoms with Crippen LogP contribution in [0.3, 0.4) is 0 Å². The van der Waals surface area contributed by atoms with Crippen LogP contribution in [0.4, 0.5) is 17.6 Å². The van der Waals surface area contributed by atoms with E-state index in [2.05, 4.69) is 13.2 Å². The molecular formula is C34H28F4O6. The van der Waals surface area contributed by atoms with Gasteiger partial charge < -0.3 is 18.9 Å². The normalized spacial score (nSPS) is 11.5. The van der Waals surface area contributed by atoms with Crippen molar-refractivity contribution in [3.8, 4) is 11.5 Å². The molecular weight excluding hydrogens is 580 g/mol.